The monoisotopic (exact) mass is 481 g/mol. The molecule has 0 unspecified atom stereocenters. The second-order valence-corrected chi connectivity index (χ2v) is 9.46. The van der Waals surface area contributed by atoms with Crippen LogP contribution in [0.25, 0.3) is 5.76 Å². The first-order valence-corrected chi connectivity index (χ1v) is 11.9. The quantitative estimate of drug-likeness (QED) is 0.256. The van der Waals surface area contributed by atoms with E-state index in [0.29, 0.717) is 35.8 Å². The van der Waals surface area contributed by atoms with Crippen LogP contribution in [0.15, 0.2) is 29.8 Å². The maximum atomic E-state index is 13.3. The van der Waals surface area contributed by atoms with Crippen LogP contribution in [0.5, 0.6) is 0 Å². The molecule has 8 heteroatoms. The summed E-state index contributed by atoms with van der Waals surface area (Å²) in [7, 11) is 3.79. The molecule has 1 aliphatic heterocycles. The smallest absolute Gasteiger partial charge is 0.355 e. The normalized spacial score (nSPS) is 17.6. The number of aromatic amines is 1. The van der Waals surface area contributed by atoms with E-state index in [1.807, 2.05) is 43.3 Å². The zero-order valence-corrected chi connectivity index (χ0v) is 21.6. The molecule has 1 aliphatic rings. The Kier molecular flexibility index (Phi) is 7.85. The predicted octanol–water partition coefficient (Wildman–Crippen LogP) is 3.91. The number of aliphatic hydroxyl groups excluding tert-OH is 1. The average Bonchev–Trinajstić information content (AvgIpc) is 3.24. The fourth-order valence-corrected chi connectivity index (χ4v) is 4.48. The highest BCUT2D eigenvalue weighted by atomic mass is 16.5. The van der Waals surface area contributed by atoms with E-state index in [4.69, 9.17) is 4.74 Å². The summed E-state index contributed by atoms with van der Waals surface area (Å²) >= 11 is 0. The minimum atomic E-state index is -0.740. The van der Waals surface area contributed by atoms with Crippen molar-refractivity contribution in [1.82, 2.24) is 14.8 Å². The molecule has 3 rings (SSSR count). The number of nitrogens with one attached hydrogen (secondary N) is 1. The number of aromatic nitrogens is 1. The van der Waals surface area contributed by atoms with E-state index in [0.717, 1.165) is 11.1 Å². The zero-order chi connectivity index (χ0) is 26.0. The molecule has 0 bridgehead atoms. The molecule has 1 aromatic carbocycles. The first-order valence-electron chi connectivity index (χ1n) is 11.9. The van der Waals surface area contributed by atoms with Gasteiger partial charge in [0, 0.05) is 24.3 Å². The summed E-state index contributed by atoms with van der Waals surface area (Å²) in [6.07, 6.45) is 0. The first-order chi connectivity index (χ1) is 16.5. The van der Waals surface area contributed by atoms with Crippen molar-refractivity contribution in [2.24, 2.45) is 0 Å². The van der Waals surface area contributed by atoms with Gasteiger partial charge in [-0.25, -0.2) is 4.79 Å². The van der Waals surface area contributed by atoms with Gasteiger partial charge in [0.2, 0.25) is 0 Å². The highest BCUT2D eigenvalue weighted by Gasteiger charge is 2.46. The Bertz CT molecular complexity index is 1160. The molecule has 0 aliphatic carbocycles. The standard InChI is InChI=1S/C27H35N3O5/c1-8-35-27(34)22-16(4)20(17(5)28-22)24(31)21-23(19-11-9-18(10-12-19)15(2)3)30(14-13-29(6)7)26(33)25(21)32/h9-12,15,23,28,31H,8,13-14H2,1-7H3/b24-21+/t23-/m1/s1. The van der Waals surface area contributed by atoms with Gasteiger partial charge in [-0.05, 0) is 57.5 Å². The van der Waals surface area contributed by atoms with Crippen LogP contribution in [-0.2, 0) is 14.3 Å². The topological polar surface area (TPSA) is 103 Å². The molecule has 1 aromatic heterocycles. The third kappa shape index (κ3) is 5.03. The van der Waals surface area contributed by atoms with E-state index < -0.39 is 23.7 Å². The summed E-state index contributed by atoms with van der Waals surface area (Å²) in [6.45, 7) is 10.4. The second-order valence-electron chi connectivity index (χ2n) is 9.46. The van der Waals surface area contributed by atoms with Crippen LogP contribution in [0.1, 0.15) is 71.2 Å². The van der Waals surface area contributed by atoms with Gasteiger partial charge < -0.3 is 24.6 Å². The van der Waals surface area contributed by atoms with Crippen molar-refractivity contribution in [1.29, 1.82) is 0 Å². The first kappa shape index (κ1) is 26.2. The SMILES string of the molecule is CCOC(=O)c1[nH]c(C)c(/C(O)=C2\C(=O)C(=O)N(CCN(C)C)[C@@H]2c2ccc(C(C)C)cc2)c1C. The number of Topliss-reactive ketones (excluding diaryl/α,β-unsaturated/α-hetero) is 1. The fraction of sp³-hybridized carbons (Fsp3) is 0.444. The van der Waals surface area contributed by atoms with Crippen LogP contribution < -0.4 is 0 Å². The Balaban J connectivity index is 2.19. The van der Waals surface area contributed by atoms with E-state index in [1.54, 1.807) is 20.8 Å². The van der Waals surface area contributed by atoms with Crippen molar-refractivity contribution >= 4 is 23.4 Å². The molecule has 188 valence electrons. The maximum absolute atomic E-state index is 13.3. The Morgan fingerprint density at radius 2 is 1.80 bits per heavy atom. The van der Waals surface area contributed by atoms with Crippen LogP contribution in [-0.4, -0.2) is 71.3 Å². The number of nitrogens with zero attached hydrogens (tertiary/aromatic N) is 2. The summed E-state index contributed by atoms with van der Waals surface area (Å²) < 4.78 is 5.11. The van der Waals surface area contributed by atoms with Crippen molar-refractivity contribution in [2.75, 3.05) is 33.8 Å². The number of hydrogen-bond acceptors (Lipinski definition) is 6. The van der Waals surface area contributed by atoms with Crippen LogP contribution in [0.2, 0.25) is 0 Å². The van der Waals surface area contributed by atoms with Gasteiger partial charge in [0.15, 0.2) is 0 Å². The molecule has 2 N–H and O–H groups in total. The number of H-pyrrole nitrogens is 1. The molecule has 35 heavy (non-hydrogen) atoms. The lowest BCUT2D eigenvalue weighted by atomic mass is 9.92. The third-order valence-corrected chi connectivity index (χ3v) is 6.40. The van der Waals surface area contributed by atoms with E-state index >= 15 is 0 Å². The summed E-state index contributed by atoms with van der Waals surface area (Å²) in [4.78, 5) is 45.2. The number of benzene rings is 1. The lowest BCUT2D eigenvalue weighted by Gasteiger charge is -2.27. The van der Waals surface area contributed by atoms with E-state index in [2.05, 4.69) is 18.8 Å². The van der Waals surface area contributed by atoms with Crippen molar-refractivity contribution in [3.63, 3.8) is 0 Å². The minimum Gasteiger partial charge on any atom is -0.507 e. The number of amides is 1. The number of likely N-dealkylation sites (N-methyl/N-ethyl adjacent to an activating group) is 1. The largest absolute Gasteiger partial charge is 0.507 e. The molecule has 2 heterocycles. The Labute approximate surface area is 206 Å². The molecule has 1 fully saturated rings. The number of carbonyl (C=O) groups is 3. The van der Waals surface area contributed by atoms with Crippen molar-refractivity contribution in [3.8, 4) is 0 Å². The number of ketones is 1. The number of hydrogen-bond donors (Lipinski definition) is 2. The van der Waals surface area contributed by atoms with Crippen LogP contribution in [0, 0.1) is 13.8 Å². The summed E-state index contributed by atoms with van der Waals surface area (Å²) in [5, 5.41) is 11.5. The van der Waals surface area contributed by atoms with E-state index in [1.165, 1.54) is 4.90 Å². The Hall–Kier alpha value is -3.39. The van der Waals surface area contributed by atoms with Gasteiger partial charge in [0.05, 0.1) is 18.2 Å². The lowest BCUT2D eigenvalue weighted by Crippen LogP contribution is -2.35. The molecule has 0 saturated carbocycles. The molecular formula is C27H35N3O5. The number of likely N-dealkylation sites (tertiary alicyclic amines) is 1. The second kappa shape index (κ2) is 10.5. The highest BCUT2D eigenvalue weighted by molar-refractivity contribution is 6.46. The van der Waals surface area contributed by atoms with Gasteiger partial charge in [-0.3, -0.25) is 9.59 Å². The molecule has 1 atom stereocenters. The predicted molar refractivity (Wildman–Crippen MR) is 134 cm³/mol. The molecule has 1 amide bonds. The molecule has 0 radical (unpaired) electrons. The third-order valence-electron chi connectivity index (χ3n) is 6.40. The van der Waals surface area contributed by atoms with Gasteiger partial charge in [-0.1, -0.05) is 38.1 Å². The Morgan fingerprint density at radius 3 is 2.34 bits per heavy atom. The number of esters is 1. The van der Waals surface area contributed by atoms with Crippen LogP contribution in [0.3, 0.4) is 0 Å². The number of aryl methyl sites for hydroxylation is 1. The maximum Gasteiger partial charge on any atom is 0.355 e. The molecule has 0 spiro atoms. The van der Waals surface area contributed by atoms with Gasteiger partial charge in [-0.15, -0.1) is 0 Å². The van der Waals surface area contributed by atoms with Gasteiger partial charge in [0.25, 0.3) is 11.7 Å². The zero-order valence-electron chi connectivity index (χ0n) is 21.6. The average molecular weight is 482 g/mol. The van der Waals surface area contributed by atoms with Crippen LogP contribution in [0.4, 0.5) is 0 Å². The van der Waals surface area contributed by atoms with Gasteiger partial charge in [0.1, 0.15) is 11.5 Å². The van der Waals surface area contributed by atoms with Crippen molar-refractivity contribution < 1.29 is 24.2 Å². The summed E-state index contributed by atoms with van der Waals surface area (Å²) in [6, 6.07) is 7.04. The van der Waals surface area contributed by atoms with Crippen molar-refractivity contribution in [2.45, 2.75) is 46.6 Å². The van der Waals surface area contributed by atoms with E-state index in [-0.39, 0.29) is 23.6 Å². The van der Waals surface area contributed by atoms with Gasteiger partial charge >= 0.3 is 5.97 Å². The van der Waals surface area contributed by atoms with Crippen LogP contribution >= 0.6 is 0 Å². The summed E-state index contributed by atoms with van der Waals surface area (Å²) in [5.41, 5.74) is 3.42. The lowest BCUT2D eigenvalue weighted by molar-refractivity contribution is -0.140. The molecule has 1 saturated heterocycles. The summed E-state index contributed by atoms with van der Waals surface area (Å²) in [5.74, 6) is -1.90. The number of rotatable bonds is 8. The highest BCUT2D eigenvalue weighted by Crippen LogP contribution is 2.41. The minimum absolute atomic E-state index is 0.0201. The van der Waals surface area contributed by atoms with E-state index in [9.17, 15) is 19.5 Å². The molecule has 8 nitrogen and oxygen atoms in total. The molecule has 2 aromatic rings. The molecular weight excluding hydrogens is 446 g/mol. The number of carbonyl (C=O) groups excluding carboxylic acids is 3. The fourth-order valence-electron chi connectivity index (χ4n) is 4.48. The number of ether oxygens (including phenoxy) is 1. The number of aliphatic hydroxyl groups is 1. The Morgan fingerprint density at radius 1 is 1.17 bits per heavy atom. The van der Waals surface area contributed by atoms with Crippen molar-refractivity contribution in [3.05, 3.63) is 63.5 Å². The van der Waals surface area contributed by atoms with Gasteiger partial charge in [-0.2, -0.15) is 0 Å².